The number of benzene rings is 2. The van der Waals surface area contributed by atoms with Crippen molar-refractivity contribution in [2.45, 2.75) is 11.3 Å². The van der Waals surface area contributed by atoms with Crippen molar-refractivity contribution in [1.29, 1.82) is 0 Å². The Morgan fingerprint density at radius 2 is 1.87 bits per heavy atom. The van der Waals surface area contributed by atoms with Crippen molar-refractivity contribution < 1.29 is 22.0 Å². The summed E-state index contributed by atoms with van der Waals surface area (Å²) in [5.41, 5.74) is 1.34. The fraction of sp³-hybridized carbons (Fsp3) is 0.133. The second-order valence-corrected chi connectivity index (χ2v) is 6.71. The molecule has 0 saturated heterocycles. The van der Waals surface area contributed by atoms with Gasteiger partial charge >= 0.3 is 0 Å². The number of hydrogen-bond acceptors (Lipinski definition) is 3. The molecule has 0 aliphatic carbocycles. The predicted octanol–water partition coefficient (Wildman–Crippen LogP) is 2.05. The van der Waals surface area contributed by atoms with Gasteiger partial charge in [0.15, 0.2) is 0 Å². The van der Waals surface area contributed by atoms with E-state index in [0.717, 1.165) is 12.1 Å². The number of sulfonamides is 1. The Morgan fingerprint density at radius 3 is 2.65 bits per heavy atom. The van der Waals surface area contributed by atoms with Crippen LogP contribution in [0.1, 0.15) is 15.9 Å². The summed E-state index contributed by atoms with van der Waals surface area (Å²) in [4.78, 5) is 10.9. The molecule has 120 valence electrons. The Bertz CT molecular complexity index is 898. The molecule has 0 aromatic heterocycles. The Morgan fingerprint density at radius 1 is 1.09 bits per heavy atom. The van der Waals surface area contributed by atoms with E-state index in [9.17, 15) is 22.0 Å². The fourth-order valence-corrected chi connectivity index (χ4v) is 3.52. The van der Waals surface area contributed by atoms with Gasteiger partial charge in [-0.2, -0.15) is 0 Å². The molecule has 0 atom stereocenters. The summed E-state index contributed by atoms with van der Waals surface area (Å²) in [6.07, 6.45) is 0.560. The lowest BCUT2D eigenvalue weighted by Crippen LogP contribution is -2.31. The number of nitrogens with one attached hydrogen (secondary N) is 2. The van der Waals surface area contributed by atoms with Crippen molar-refractivity contribution in [2.75, 3.05) is 11.3 Å². The molecule has 0 spiro atoms. The van der Waals surface area contributed by atoms with E-state index in [4.69, 9.17) is 0 Å². The molecule has 1 amide bonds. The number of halogens is 2. The van der Waals surface area contributed by atoms with Gasteiger partial charge in [0.25, 0.3) is 15.9 Å². The standard InChI is InChI=1S/C15H12F2N2O3S/c16-10-1-4-13(17)14(8-10)23(21,22)19-11-2-3-12-9(7-11)5-6-18-15(12)20/h1-4,7-8,19H,5-6H2,(H,18,20). The maximum atomic E-state index is 13.7. The predicted molar refractivity (Wildman–Crippen MR) is 79.6 cm³/mol. The SMILES string of the molecule is O=C1NCCc2cc(NS(=O)(=O)c3cc(F)ccc3F)ccc21. The van der Waals surface area contributed by atoms with Crippen LogP contribution in [0, 0.1) is 11.6 Å². The zero-order chi connectivity index (χ0) is 16.6. The maximum absolute atomic E-state index is 13.7. The number of anilines is 1. The average Bonchev–Trinajstić information content (AvgIpc) is 2.49. The maximum Gasteiger partial charge on any atom is 0.264 e. The van der Waals surface area contributed by atoms with Gasteiger partial charge in [-0.05, 0) is 48.4 Å². The van der Waals surface area contributed by atoms with E-state index < -0.39 is 26.6 Å². The number of carbonyl (C=O) groups is 1. The summed E-state index contributed by atoms with van der Waals surface area (Å²) in [7, 11) is -4.27. The molecule has 0 bridgehead atoms. The van der Waals surface area contributed by atoms with Crippen LogP contribution < -0.4 is 10.0 Å². The molecule has 2 aromatic carbocycles. The van der Waals surface area contributed by atoms with Crippen LogP contribution in [0.4, 0.5) is 14.5 Å². The molecule has 23 heavy (non-hydrogen) atoms. The molecule has 1 aliphatic rings. The topological polar surface area (TPSA) is 75.3 Å². The van der Waals surface area contributed by atoms with Crippen molar-refractivity contribution in [3.05, 3.63) is 59.2 Å². The summed E-state index contributed by atoms with van der Waals surface area (Å²) < 4.78 is 53.5. The van der Waals surface area contributed by atoms with E-state index >= 15 is 0 Å². The van der Waals surface area contributed by atoms with E-state index in [1.165, 1.54) is 18.2 Å². The molecule has 1 aliphatic heterocycles. The number of amides is 1. The molecular formula is C15H12F2N2O3S. The zero-order valence-corrected chi connectivity index (χ0v) is 12.6. The summed E-state index contributed by atoms with van der Waals surface area (Å²) >= 11 is 0. The minimum atomic E-state index is -4.27. The molecule has 2 N–H and O–H groups in total. The monoisotopic (exact) mass is 338 g/mol. The molecular weight excluding hydrogens is 326 g/mol. The highest BCUT2D eigenvalue weighted by Gasteiger charge is 2.22. The zero-order valence-electron chi connectivity index (χ0n) is 11.8. The third kappa shape index (κ3) is 3.02. The van der Waals surface area contributed by atoms with Gasteiger partial charge in [0.05, 0.1) is 0 Å². The Labute approximate surface area is 131 Å². The molecule has 3 rings (SSSR count). The van der Waals surface area contributed by atoms with Crippen LogP contribution in [0.15, 0.2) is 41.3 Å². The smallest absolute Gasteiger partial charge is 0.264 e. The normalized spacial score (nSPS) is 14.1. The largest absolute Gasteiger partial charge is 0.352 e. The van der Waals surface area contributed by atoms with Crippen molar-refractivity contribution in [1.82, 2.24) is 5.32 Å². The first-order valence-electron chi connectivity index (χ1n) is 6.76. The molecule has 2 aromatic rings. The second-order valence-electron chi connectivity index (χ2n) is 5.06. The van der Waals surface area contributed by atoms with Gasteiger partial charge in [-0.25, -0.2) is 17.2 Å². The lowest BCUT2D eigenvalue weighted by Gasteiger charge is -2.17. The number of hydrogen-bond donors (Lipinski definition) is 2. The first-order chi connectivity index (χ1) is 10.9. The Hall–Kier alpha value is -2.48. The highest BCUT2D eigenvalue weighted by Crippen LogP contribution is 2.23. The number of rotatable bonds is 3. The lowest BCUT2D eigenvalue weighted by atomic mass is 10.00. The summed E-state index contributed by atoms with van der Waals surface area (Å²) in [6, 6.07) is 6.61. The molecule has 5 nitrogen and oxygen atoms in total. The van der Waals surface area contributed by atoms with Crippen LogP contribution >= 0.6 is 0 Å². The van der Waals surface area contributed by atoms with Crippen LogP contribution in [-0.4, -0.2) is 20.9 Å². The fourth-order valence-electron chi connectivity index (χ4n) is 2.38. The van der Waals surface area contributed by atoms with E-state index in [1.807, 2.05) is 0 Å². The average molecular weight is 338 g/mol. The molecule has 0 fully saturated rings. The molecule has 1 heterocycles. The molecule has 8 heteroatoms. The van der Waals surface area contributed by atoms with Crippen molar-refractivity contribution in [3.8, 4) is 0 Å². The lowest BCUT2D eigenvalue weighted by molar-refractivity contribution is 0.0946. The van der Waals surface area contributed by atoms with E-state index in [1.54, 1.807) is 0 Å². The van der Waals surface area contributed by atoms with Crippen LogP contribution in [0.2, 0.25) is 0 Å². The van der Waals surface area contributed by atoms with Crippen molar-refractivity contribution in [3.63, 3.8) is 0 Å². The van der Waals surface area contributed by atoms with Crippen molar-refractivity contribution >= 4 is 21.6 Å². The van der Waals surface area contributed by atoms with Gasteiger partial charge in [-0.3, -0.25) is 9.52 Å². The highest BCUT2D eigenvalue weighted by molar-refractivity contribution is 7.92. The van der Waals surface area contributed by atoms with Gasteiger partial charge in [0.1, 0.15) is 16.5 Å². The van der Waals surface area contributed by atoms with E-state index in [-0.39, 0.29) is 11.6 Å². The highest BCUT2D eigenvalue weighted by atomic mass is 32.2. The van der Waals surface area contributed by atoms with Crippen LogP contribution in [0.5, 0.6) is 0 Å². The van der Waals surface area contributed by atoms with E-state index in [2.05, 4.69) is 10.0 Å². The molecule has 0 unspecified atom stereocenters. The number of fused-ring (bicyclic) bond motifs is 1. The quantitative estimate of drug-likeness (QED) is 0.899. The van der Waals surface area contributed by atoms with Gasteiger partial charge in [0, 0.05) is 17.8 Å². The minimum Gasteiger partial charge on any atom is -0.352 e. The van der Waals surface area contributed by atoms with Crippen molar-refractivity contribution in [2.24, 2.45) is 0 Å². The Balaban J connectivity index is 1.95. The van der Waals surface area contributed by atoms with Gasteiger partial charge < -0.3 is 5.32 Å². The van der Waals surface area contributed by atoms with Gasteiger partial charge in [-0.15, -0.1) is 0 Å². The van der Waals surface area contributed by atoms with Gasteiger partial charge in [0.2, 0.25) is 0 Å². The first-order valence-corrected chi connectivity index (χ1v) is 8.24. The molecule has 0 radical (unpaired) electrons. The van der Waals surface area contributed by atoms with E-state index in [0.29, 0.717) is 30.2 Å². The number of carbonyl (C=O) groups excluding carboxylic acids is 1. The van der Waals surface area contributed by atoms with Crippen LogP contribution in [0.3, 0.4) is 0 Å². The Kier molecular flexibility index (Phi) is 3.77. The third-order valence-corrected chi connectivity index (χ3v) is 4.86. The minimum absolute atomic E-state index is 0.183. The second kappa shape index (κ2) is 5.62. The first kappa shape index (κ1) is 15.4. The third-order valence-electron chi connectivity index (χ3n) is 3.46. The van der Waals surface area contributed by atoms with Gasteiger partial charge in [-0.1, -0.05) is 0 Å². The summed E-state index contributed by atoms with van der Waals surface area (Å²) in [5.74, 6) is -2.12. The molecule has 0 saturated carbocycles. The summed E-state index contributed by atoms with van der Waals surface area (Å²) in [6.45, 7) is 0.459. The summed E-state index contributed by atoms with van der Waals surface area (Å²) in [5, 5.41) is 2.68. The van der Waals surface area contributed by atoms with Crippen LogP contribution in [0.25, 0.3) is 0 Å². The van der Waals surface area contributed by atoms with Crippen LogP contribution in [-0.2, 0) is 16.4 Å².